The Labute approximate surface area is 93.8 Å². The van der Waals surface area contributed by atoms with Gasteiger partial charge in [0.05, 0.1) is 5.92 Å². The van der Waals surface area contributed by atoms with Gasteiger partial charge in [-0.05, 0) is 26.9 Å². The first kappa shape index (κ1) is 14.4. The van der Waals surface area contributed by atoms with Crippen molar-refractivity contribution in [1.29, 1.82) is 0 Å². The van der Waals surface area contributed by atoms with Crippen LogP contribution in [-0.2, 0) is 9.53 Å². The van der Waals surface area contributed by atoms with Crippen molar-refractivity contribution in [2.75, 3.05) is 27.2 Å². The fraction of sp³-hybridized carbons (Fsp3) is 0.917. The standard InChI is InChI=1S/C12H25NO2/c1-5-7-8-11(6-2)12(14)15-10-9-13(3)4/h11H,5-10H2,1-4H3. The normalized spacial score (nSPS) is 12.9. The van der Waals surface area contributed by atoms with Crippen molar-refractivity contribution in [3.05, 3.63) is 0 Å². The van der Waals surface area contributed by atoms with Crippen LogP contribution in [-0.4, -0.2) is 38.1 Å². The molecule has 15 heavy (non-hydrogen) atoms. The Balaban J connectivity index is 3.73. The summed E-state index contributed by atoms with van der Waals surface area (Å²) in [7, 11) is 3.95. The van der Waals surface area contributed by atoms with Crippen molar-refractivity contribution in [2.45, 2.75) is 39.5 Å². The zero-order valence-electron chi connectivity index (χ0n) is 10.6. The average Bonchev–Trinajstić information content (AvgIpc) is 2.18. The number of unbranched alkanes of at least 4 members (excludes halogenated alkanes) is 1. The molecule has 0 aliphatic rings. The van der Waals surface area contributed by atoms with Crippen LogP contribution in [0.25, 0.3) is 0 Å². The third kappa shape index (κ3) is 7.37. The molecule has 0 radical (unpaired) electrons. The van der Waals surface area contributed by atoms with Crippen molar-refractivity contribution < 1.29 is 9.53 Å². The molecule has 0 aliphatic carbocycles. The van der Waals surface area contributed by atoms with E-state index < -0.39 is 0 Å². The van der Waals surface area contributed by atoms with Gasteiger partial charge < -0.3 is 9.64 Å². The first-order valence-corrected chi connectivity index (χ1v) is 5.93. The van der Waals surface area contributed by atoms with Crippen LogP contribution in [0.3, 0.4) is 0 Å². The first-order valence-electron chi connectivity index (χ1n) is 5.93. The molecule has 0 N–H and O–H groups in total. The Morgan fingerprint density at radius 2 is 2.00 bits per heavy atom. The Hall–Kier alpha value is -0.570. The zero-order chi connectivity index (χ0) is 11.7. The topological polar surface area (TPSA) is 29.5 Å². The van der Waals surface area contributed by atoms with E-state index in [4.69, 9.17) is 4.74 Å². The third-order valence-electron chi connectivity index (χ3n) is 2.52. The molecular formula is C12H25NO2. The Morgan fingerprint density at radius 1 is 1.33 bits per heavy atom. The highest BCUT2D eigenvalue weighted by Gasteiger charge is 2.16. The lowest BCUT2D eigenvalue weighted by Gasteiger charge is -2.15. The van der Waals surface area contributed by atoms with Crippen LogP contribution in [0.4, 0.5) is 0 Å². The second kappa shape index (κ2) is 8.72. The quantitative estimate of drug-likeness (QED) is 0.582. The minimum absolute atomic E-state index is 0.0206. The molecule has 0 rings (SSSR count). The number of esters is 1. The van der Waals surface area contributed by atoms with Gasteiger partial charge in [-0.25, -0.2) is 0 Å². The number of hydrogen-bond donors (Lipinski definition) is 0. The van der Waals surface area contributed by atoms with Crippen LogP contribution < -0.4 is 0 Å². The lowest BCUT2D eigenvalue weighted by atomic mass is 10.00. The van der Waals surface area contributed by atoms with Crippen LogP contribution >= 0.6 is 0 Å². The summed E-state index contributed by atoms with van der Waals surface area (Å²) in [5.74, 6) is 0.0833. The minimum atomic E-state index is -0.0206. The summed E-state index contributed by atoms with van der Waals surface area (Å²) in [4.78, 5) is 13.6. The fourth-order valence-corrected chi connectivity index (χ4v) is 1.39. The van der Waals surface area contributed by atoms with E-state index in [1.807, 2.05) is 25.9 Å². The molecule has 0 fully saturated rings. The van der Waals surface area contributed by atoms with Crippen LogP contribution in [0.2, 0.25) is 0 Å². The van der Waals surface area contributed by atoms with Gasteiger partial charge in [-0.2, -0.15) is 0 Å². The number of carbonyl (C=O) groups is 1. The fourth-order valence-electron chi connectivity index (χ4n) is 1.39. The molecule has 90 valence electrons. The number of nitrogens with zero attached hydrogens (tertiary/aromatic N) is 1. The molecule has 0 amide bonds. The molecule has 0 aromatic heterocycles. The van der Waals surface area contributed by atoms with Gasteiger partial charge in [-0.15, -0.1) is 0 Å². The van der Waals surface area contributed by atoms with E-state index >= 15 is 0 Å². The van der Waals surface area contributed by atoms with Crippen molar-refractivity contribution >= 4 is 5.97 Å². The molecule has 1 atom stereocenters. The monoisotopic (exact) mass is 215 g/mol. The van der Waals surface area contributed by atoms with Crippen molar-refractivity contribution in [2.24, 2.45) is 5.92 Å². The van der Waals surface area contributed by atoms with Gasteiger partial charge in [0, 0.05) is 6.54 Å². The van der Waals surface area contributed by atoms with Crippen LogP contribution in [0.15, 0.2) is 0 Å². The maximum atomic E-state index is 11.6. The molecule has 0 bridgehead atoms. The molecule has 0 saturated carbocycles. The zero-order valence-corrected chi connectivity index (χ0v) is 10.6. The van der Waals surface area contributed by atoms with E-state index in [2.05, 4.69) is 6.92 Å². The second-order valence-corrected chi connectivity index (χ2v) is 4.22. The highest BCUT2D eigenvalue weighted by molar-refractivity contribution is 5.72. The van der Waals surface area contributed by atoms with Crippen LogP contribution in [0.5, 0.6) is 0 Å². The summed E-state index contributed by atoms with van der Waals surface area (Å²) < 4.78 is 5.22. The molecule has 0 spiro atoms. The van der Waals surface area contributed by atoms with Gasteiger partial charge >= 0.3 is 5.97 Å². The molecule has 0 aromatic rings. The molecule has 3 nitrogen and oxygen atoms in total. The number of likely N-dealkylation sites (N-methyl/N-ethyl adjacent to an activating group) is 1. The van der Waals surface area contributed by atoms with E-state index in [0.29, 0.717) is 6.61 Å². The number of ether oxygens (including phenoxy) is 1. The minimum Gasteiger partial charge on any atom is -0.464 e. The van der Waals surface area contributed by atoms with Gasteiger partial charge in [0.1, 0.15) is 6.61 Å². The Bertz CT molecular complexity index is 169. The lowest BCUT2D eigenvalue weighted by molar-refractivity contribution is -0.149. The van der Waals surface area contributed by atoms with E-state index in [0.717, 1.165) is 32.2 Å². The first-order chi connectivity index (χ1) is 7.11. The maximum Gasteiger partial charge on any atom is 0.308 e. The average molecular weight is 215 g/mol. The van der Waals surface area contributed by atoms with E-state index in [9.17, 15) is 4.79 Å². The molecule has 0 aliphatic heterocycles. The predicted octanol–water partition coefficient (Wildman–Crippen LogP) is 2.31. The van der Waals surface area contributed by atoms with E-state index in [1.165, 1.54) is 0 Å². The third-order valence-corrected chi connectivity index (χ3v) is 2.52. The smallest absolute Gasteiger partial charge is 0.308 e. The summed E-state index contributed by atoms with van der Waals surface area (Å²) in [5, 5.41) is 0. The van der Waals surface area contributed by atoms with Gasteiger partial charge in [0.25, 0.3) is 0 Å². The Morgan fingerprint density at radius 3 is 2.47 bits per heavy atom. The summed E-state index contributed by atoms with van der Waals surface area (Å²) >= 11 is 0. The maximum absolute atomic E-state index is 11.6. The Kier molecular flexibility index (Phi) is 8.38. The predicted molar refractivity (Wildman–Crippen MR) is 62.8 cm³/mol. The van der Waals surface area contributed by atoms with Gasteiger partial charge in [0.2, 0.25) is 0 Å². The number of carbonyl (C=O) groups excluding carboxylic acids is 1. The highest BCUT2D eigenvalue weighted by atomic mass is 16.5. The molecule has 3 heteroatoms. The lowest BCUT2D eigenvalue weighted by Crippen LogP contribution is -2.23. The van der Waals surface area contributed by atoms with Gasteiger partial charge in [0.15, 0.2) is 0 Å². The molecule has 1 unspecified atom stereocenters. The van der Waals surface area contributed by atoms with Crippen molar-refractivity contribution in [3.8, 4) is 0 Å². The summed E-state index contributed by atoms with van der Waals surface area (Å²) in [5.41, 5.74) is 0. The van der Waals surface area contributed by atoms with Gasteiger partial charge in [-0.1, -0.05) is 26.7 Å². The van der Waals surface area contributed by atoms with Crippen LogP contribution in [0.1, 0.15) is 39.5 Å². The van der Waals surface area contributed by atoms with Crippen LogP contribution in [0, 0.1) is 5.92 Å². The molecule has 0 heterocycles. The summed E-state index contributed by atoms with van der Waals surface area (Å²) in [6.45, 7) is 5.50. The summed E-state index contributed by atoms with van der Waals surface area (Å²) in [6.07, 6.45) is 4.11. The van der Waals surface area contributed by atoms with Crippen molar-refractivity contribution in [3.63, 3.8) is 0 Å². The molecule has 0 aromatic carbocycles. The van der Waals surface area contributed by atoms with E-state index in [-0.39, 0.29) is 11.9 Å². The highest BCUT2D eigenvalue weighted by Crippen LogP contribution is 2.14. The van der Waals surface area contributed by atoms with Crippen molar-refractivity contribution in [1.82, 2.24) is 4.90 Å². The summed E-state index contributed by atoms with van der Waals surface area (Å²) in [6, 6.07) is 0. The largest absolute Gasteiger partial charge is 0.464 e. The number of rotatable bonds is 8. The van der Waals surface area contributed by atoms with E-state index in [1.54, 1.807) is 0 Å². The molecular weight excluding hydrogens is 190 g/mol. The SMILES string of the molecule is CCCCC(CC)C(=O)OCCN(C)C. The molecule has 0 saturated heterocycles. The second-order valence-electron chi connectivity index (χ2n) is 4.22. The number of hydrogen-bond acceptors (Lipinski definition) is 3. The van der Waals surface area contributed by atoms with Gasteiger partial charge in [-0.3, -0.25) is 4.79 Å².